The molecule has 102 valence electrons. The molecule has 1 aromatic rings. The van der Waals surface area contributed by atoms with Crippen LogP contribution in [-0.4, -0.2) is 12.2 Å². The molecule has 0 aromatic heterocycles. The summed E-state index contributed by atoms with van der Waals surface area (Å²) in [7, 11) is 0. The number of halogens is 4. The third kappa shape index (κ3) is 3.45. The highest BCUT2D eigenvalue weighted by Crippen LogP contribution is 2.31. The Morgan fingerprint density at radius 2 is 1.56 bits per heavy atom. The summed E-state index contributed by atoms with van der Waals surface area (Å²) in [6.45, 7) is 3.26. The van der Waals surface area contributed by atoms with E-state index in [-0.39, 0.29) is 18.9 Å². The Labute approximate surface area is 104 Å². The molecule has 0 radical (unpaired) electrons. The summed E-state index contributed by atoms with van der Waals surface area (Å²) >= 11 is 0. The number of rotatable bonds is 4. The molecule has 1 atom stereocenters. The van der Waals surface area contributed by atoms with Gasteiger partial charge in [-0.25, -0.2) is 4.39 Å². The summed E-state index contributed by atoms with van der Waals surface area (Å²) < 4.78 is 51.4. The smallest absolute Gasteiger partial charge is 0.328 e. The Bertz CT molecular complexity index is 383. The van der Waals surface area contributed by atoms with Crippen molar-refractivity contribution in [2.24, 2.45) is 11.7 Å². The van der Waals surface area contributed by atoms with Gasteiger partial charge in [-0.05, 0) is 23.6 Å². The lowest BCUT2D eigenvalue weighted by Gasteiger charge is -2.28. The summed E-state index contributed by atoms with van der Waals surface area (Å²) in [5.41, 5.74) is 3.61. The second-order valence-corrected chi connectivity index (χ2v) is 4.76. The maximum Gasteiger partial charge on any atom is 0.416 e. The maximum absolute atomic E-state index is 14.3. The molecule has 0 saturated heterocycles. The molecule has 2 N–H and O–H groups in total. The second-order valence-electron chi connectivity index (χ2n) is 4.76. The van der Waals surface area contributed by atoms with Crippen LogP contribution in [0.2, 0.25) is 0 Å². The first-order valence-corrected chi connectivity index (χ1v) is 5.74. The minimum Gasteiger partial charge on any atom is -0.328 e. The van der Waals surface area contributed by atoms with Crippen molar-refractivity contribution in [1.29, 1.82) is 0 Å². The third-order valence-corrected chi connectivity index (χ3v) is 3.15. The van der Waals surface area contributed by atoms with E-state index in [0.29, 0.717) is 5.56 Å². The average molecular weight is 263 g/mol. The van der Waals surface area contributed by atoms with Crippen LogP contribution in [0.25, 0.3) is 0 Å². The highest BCUT2D eigenvalue weighted by atomic mass is 19.4. The van der Waals surface area contributed by atoms with Crippen LogP contribution in [0.3, 0.4) is 0 Å². The zero-order valence-corrected chi connectivity index (χ0v) is 10.4. The fourth-order valence-corrected chi connectivity index (χ4v) is 1.66. The fraction of sp³-hybridized carbons (Fsp3) is 0.538. The first-order valence-electron chi connectivity index (χ1n) is 5.74. The molecule has 18 heavy (non-hydrogen) atoms. The minimum absolute atomic E-state index is 0.0271. The molecule has 1 rings (SSSR count). The number of benzene rings is 1. The molecule has 1 aromatic carbocycles. The van der Waals surface area contributed by atoms with Crippen LogP contribution in [0.1, 0.15) is 25.0 Å². The van der Waals surface area contributed by atoms with Crippen molar-refractivity contribution in [3.05, 3.63) is 35.4 Å². The molecule has 0 spiro atoms. The molecular formula is C13H17F4N. The van der Waals surface area contributed by atoms with Gasteiger partial charge in [-0.15, -0.1) is 0 Å². The molecule has 0 heterocycles. The minimum atomic E-state index is -4.36. The highest BCUT2D eigenvalue weighted by molar-refractivity contribution is 5.26. The van der Waals surface area contributed by atoms with E-state index in [9.17, 15) is 17.6 Å². The summed E-state index contributed by atoms with van der Waals surface area (Å²) in [6, 6.07) is 4.53. The quantitative estimate of drug-likeness (QED) is 0.826. The number of alkyl halides is 4. The molecule has 0 aliphatic carbocycles. The van der Waals surface area contributed by atoms with Gasteiger partial charge >= 0.3 is 6.18 Å². The van der Waals surface area contributed by atoms with Gasteiger partial charge in [0.2, 0.25) is 0 Å². The van der Waals surface area contributed by atoms with E-state index in [2.05, 4.69) is 0 Å². The maximum atomic E-state index is 14.3. The van der Waals surface area contributed by atoms with Crippen molar-refractivity contribution in [2.75, 3.05) is 6.54 Å². The van der Waals surface area contributed by atoms with Gasteiger partial charge in [0.1, 0.15) is 5.67 Å². The van der Waals surface area contributed by atoms with Gasteiger partial charge in [0.25, 0.3) is 0 Å². The molecule has 0 fully saturated rings. The predicted octanol–water partition coefficient (Wildman–Crippen LogP) is 3.57. The summed E-state index contributed by atoms with van der Waals surface area (Å²) in [5, 5.41) is 0. The van der Waals surface area contributed by atoms with Gasteiger partial charge in [0.15, 0.2) is 0 Å². The molecule has 0 bridgehead atoms. The fourth-order valence-electron chi connectivity index (χ4n) is 1.66. The van der Waals surface area contributed by atoms with E-state index in [0.717, 1.165) is 12.1 Å². The zero-order chi connectivity index (χ0) is 14.0. The van der Waals surface area contributed by atoms with Crippen LogP contribution in [0.5, 0.6) is 0 Å². The van der Waals surface area contributed by atoms with Gasteiger partial charge in [-0.1, -0.05) is 26.0 Å². The lowest BCUT2D eigenvalue weighted by atomic mass is 9.86. The highest BCUT2D eigenvalue weighted by Gasteiger charge is 2.33. The van der Waals surface area contributed by atoms with Gasteiger partial charge < -0.3 is 5.73 Å². The van der Waals surface area contributed by atoms with Crippen LogP contribution >= 0.6 is 0 Å². The lowest BCUT2D eigenvalue weighted by molar-refractivity contribution is -0.137. The molecule has 0 aliphatic heterocycles. The molecule has 0 aliphatic rings. The molecule has 0 saturated carbocycles. The van der Waals surface area contributed by atoms with E-state index in [4.69, 9.17) is 5.73 Å². The van der Waals surface area contributed by atoms with Crippen molar-refractivity contribution >= 4 is 0 Å². The number of hydrogen-bond donors (Lipinski definition) is 1. The topological polar surface area (TPSA) is 26.0 Å². The Morgan fingerprint density at radius 1 is 1.06 bits per heavy atom. The average Bonchev–Trinajstić information content (AvgIpc) is 2.28. The van der Waals surface area contributed by atoms with Crippen molar-refractivity contribution < 1.29 is 17.6 Å². The zero-order valence-electron chi connectivity index (χ0n) is 10.4. The molecule has 1 nitrogen and oxygen atoms in total. The van der Waals surface area contributed by atoms with Gasteiger partial charge in [-0.3, -0.25) is 0 Å². The first kappa shape index (κ1) is 15.0. The lowest BCUT2D eigenvalue weighted by Crippen LogP contribution is -2.40. The van der Waals surface area contributed by atoms with E-state index >= 15 is 0 Å². The first-order chi connectivity index (χ1) is 8.19. The van der Waals surface area contributed by atoms with E-state index in [1.54, 1.807) is 13.8 Å². The van der Waals surface area contributed by atoms with Crippen molar-refractivity contribution in [3.8, 4) is 0 Å². The van der Waals surface area contributed by atoms with Crippen LogP contribution in [0.4, 0.5) is 17.6 Å². The standard InChI is InChI=1S/C13H17F4N/c1-9(2)12(14,8-18)7-10-3-5-11(6-4-10)13(15,16)17/h3-6,9H,7-8,18H2,1-2H3. The van der Waals surface area contributed by atoms with Crippen LogP contribution in [0.15, 0.2) is 24.3 Å². The Hall–Kier alpha value is -1.10. The second kappa shape index (κ2) is 5.26. The predicted molar refractivity (Wildman–Crippen MR) is 62.9 cm³/mol. The van der Waals surface area contributed by atoms with Crippen LogP contribution in [0, 0.1) is 5.92 Å². The Balaban J connectivity index is 2.87. The van der Waals surface area contributed by atoms with Gasteiger partial charge in [0.05, 0.1) is 5.56 Å². The van der Waals surface area contributed by atoms with Crippen LogP contribution < -0.4 is 5.73 Å². The number of hydrogen-bond acceptors (Lipinski definition) is 1. The van der Waals surface area contributed by atoms with Crippen molar-refractivity contribution in [3.63, 3.8) is 0 Å². The Morgan fingerprint density at radius 3 is 1.89 bits per heavy atom. The van der Waals surface area contributed by atoms with Crippen molar-refractivity contribution in [2.45, 2.75) is 32.1 Å². The largest absolute Gasteiger partial charge is 0.416 e. The van der Waals surface area contributed by atoms with E-state index in [1.165, 1.54) is 12.1 Å². The van der Waals surface area contributed by atoms with Crippen LogP contribution in [-0.2, 0) is 12.6 Å². The SMILES string of the molecule is CC(C)C(F)(CN)Cc1ccc(C(F)(F)F)cc1. The molecule has 0 amide bonds. The van der Waals surface area contributed by atoms with Crippen molar-refractivity contribution in [1.82, 2.24) is 0 Å². The molecular weight excluding hydrogens is 246 g/mol. The normalized spacial score (nSPS) is 15.8. The van der Waals surface area contributed by atoms with E-state index < -0.39 is 17.4 Å². The summed E-state index contributed by atoms with van der Waals surface area (Å²) in [6.07, 6.45) is -4.34. The monoisotopic (exact) mass is 263 g/mol. The van der Waals surface area contributed by atoms with E-state index in [1.807, 2.05) is 0 Å². The van der Waals surface area contributed by atoms with Gasteiger partial charge in [-0.2, -0.15) is 13.2 Å². The molecule has 5 heteroatoms. The summed E-state index contributed by atoms with van der Waals surface area (Å²) in [4.78, 5) is 0. The molecule has 1 unspecified atom stereocenters. The Kier molecular flexibility index (Phi) is 4.37. The number of nitrogens with two attached hydrogens (primary N) is 1. The third-order valence-electron chi connectivity index (χ3n) is 3.15. The summed E-state index contributed by atoms with van der Waals surface area (Å²) in [5.74, 6) is -0.287. The van der Waals surface area contributed by atoms with Gasteiger partial charge in [0, 0.05) is 13.0 Å².